The highest BCUT2D eigenvalue weighted by atomic mass is 16.5. The first-order valence-corrected chi connectivity index (χ1v) is 7.33. The first-order chi connectivity index (χ1) is 9.58. The van der Waals surface area contributed by atoms with Crippen LogP contribution in [0.4, 0.5) is 0 Å². The second-order valence-corrected chi connectivity index (χ2v) is 5.86. The molecule has 110 valence electrons. The van der Waals surface area contributed by atoms with Gasteiger partial charge in [0.25, 0.3) is 0 Å². The van der Waals surface area contributed by atoms with Crippen molar-refractivity contribution >= 4 is 5.91 Å². The van der Waals surface area contributed by atoms with Crippen molar-refractivity contribution in [2.45, 2.75) is 38.6 Å². The van der Waals surface area contributed by atoms with Crippen molar-refractivity contribution in [3.05, 3.63) is 29.8 Å². The molecule has 1 aromatic carbocycles. The smallest absolute Gasteiger partial charge is 0.227 e. The van der Waals surface area contributed by atoms with E-state index in [1.165, 1.54) is 0 Å². The van der Waals surface area contributed by atoms with Crippen LogP contribution in [0, 0.1) is 5.92 Å². The number of carbonyl (C=O) groups excluding carboxylic acids is 1. The minimum Gasteiger partial charge on any atom is -0.493 e. The molecule has 0 bridgehead atoms. The Balaban J connectivity index is 1.94. The Labute approximate surface area is 120 Å². The second kappa shape index (κ2) is 6.75. The first-order valence-electron chi connectivity index (χ1n) is 7.33. The summed E-state index contributed by atoms with van der Waals surface area (Å²) in [5.41, 5.74) is 6.99. The van der Waals surface area contributed by atoms with E-state index >= 15 is 0 Å². The largest absolute Gasteiger partial charge is 0.493 e. The molecule has 1 aliphatic heterocycles. The Bertz CT molecular complexity index is 460. The van der Waals surface area contributed by atoms with Crippen LogP contribution in [0.5, 0.6) is 5.75 Å². The van der Waals surface area contributed by atoms with Crippen LogP contribution in [0.2, 0.25) is 0 Å². The van der Waals surface area contributed by atoms with Crippen LogP contribution in [0.1, 0.15) is 38.2 Å². The van der Waals surface area contributed by atoms with Crippen molar-refractivity contribution in [1.29, 1.82) is 0 Å². The average Bonchev–Trinajstić information content (AvgIpc) is 2.43. The average molecular weight is 276 g/mol. The van der Waals surface area contributed by atoms with Crippen molar-refractivity contribution in [2.75, 3.05) is 13.2 Å². The fourth-order valence-electron chi connectivity index (χ4n) is 2.66. The molecule has 2 atom stereocenters. The zero-order valence-electron chi connectivity index (χ0n) is 12.3. The van der Waals surface area contributed by atoms with Crippen molar-refractivity contribution in [3.63, 3.8) is 0 Å². The number of amides is 1. The van der Waals surface area contributed by atoms with Gasteiger partial charge in [-0.25, -0.2) is 0 Å². The van der Waals surface area contributed by atoms with E-state index in [9.17, 15) is 4.79 Å². The zero-order valence-corrected chi connectivity index (χ0v) is 12.3. The lowest BCUT2D eigenvalue weighted by molar-refractivity contribution is -0.123. The lowest BCUT2D eigenvalue weighted by Gasteiger charge is -2.25. The predicted molar refractivity (Wildman–Crippen MR) is 79.7 cm³/mol. The lowest BCUT2D eigenvalue weighted by atomic mass is 9.92. The van der Waals surface area contributed by atoms with Crippen molar-refractivity contribution in [2.24, 2.45) is 11.7 Å². The Hall–Kier alpha value is -1.55. The first kappa shape index (κ1) is 14.9. The Morgan fingerprint density at radius 1 is 1.45 bits per heavy atom. The van der Waals surface area contributed by atoms with Gasteiger partial charge in [0.15, 0.2) is 0 Å². The van der Waals surface area contributed by atoms with E-state index in [0.717, 1.165) is 24.2 Å². The Morgan fingerprint density at radius 3 is 2.95 bits per heavy atom. The summed E-state index contributed by atoms with van der Waals surface area (Å²) in [5, 5.41) is 2.98. The summed E-state index contributed by atoms with van der Waals surface area (Å²) < 4.78 is 5.58. The monoisotopic (exact) mass is 276 g/mol. The van der Waals surface area contributed by atoms with E-state index in [1.54, 1.807) is 0 Å². The maximum Gasteiger partial charge on any atom is 0.227 e. The third-order valence-electron chi connectivity index (χ3n) is 3.59. The molecular weight excluding hydrogens is 252 g/mol. The number of ether oxygens (including phenoxy) is 1. The highest BCUT2D eigenvalue weighted by Crippen LogP contribution is 2.33. The van der Waals surface area contributed by atoms with Gasteiger partial charge in [-0.15, -0.1) is 0 Å². The van der Waals surface area contributed by atoms with Crippen molar-refractivity contribution in [1.82, 2.24) is 5.32 Å². The zero-order chi connectivity index (χ0) is 14.5. The summed E-state index contributed by atoms with van der Waals surface area (Å²) in [7, 11) is 0. The number of benzene rings is 1. The predicted octanol–water partition coefficient (Wildman–Crippen LogP) is 2.04. The number of hydrogen-bond donors (Lipinski definition) is 2. The number of carbonyl (C=O) groups is 1. The fourth-order valence-corrected chi connectivity index (χ4v) is 2.66. The number of nitrogens with two attached hydrogens (primary N) is 1. The van der Waals surface area contributed by atoms with Crippen LogP contribution in [0.3, 0.4) is 0 Å². The number of para-hydroxylation sites is 1. The highest BCUT2D eigenvalue weighted by molar-refractivity contribution is 5.84. The highest BCUT2D eigenvalue weighted by Gasteiger charge is 2.27. The van der Waals surface area contributed by atoms with E-state index < -0.39 is 0 Å². The fraction of sp³-hybridized carbons (Fsp3) is 0.562. The molecule has 1 heterocycles. The molecule has 1 aromatic rings. The van der Waals surface area contributed by atoms with Crippen molar-refractivity contribution < 1.29 is 9.53 Å². The summed E-state index contributed by atoms with van der Waals surface area (Å²) in [6.07, 6.45) is 1.65. The maximum atomic E-state index is 12.3. The number of fused-ring (bicyclic) bond motifs is 1. The Kier molecular flexibility index (Phi) is 5.01. The molecule has 20 heavy (non-hydrogen) atoms. The molecule has 4 heteroatoms. The standard InChI is InChI=1S/C16H24N2O2/c1-11(2)9-12(17)10-18-16(19)14-7-8-20-15-6-4-3-5-13(14)15/h3-6,11-12,14H,7-10,17H2,1-2H3,(H,18,19). The molecule has 4 nitrogen and oxygen atoms in total. The topological polar surface area (TPSA) is 64.3 Å². The van der Waals surface area contributed by atoms with Crippen LogP contribution in [-0.4, -0.2) is 25.1 Å². The number of hydrogen-bond acceptors (Lipinski definition) is 3. The van der Waals surface area contributed by atoms with Gasteiger partial charge < -0.3 is 15.8 Å². The van der Waals surface area contributed by atoms with Crippen LogP contribution >= 0.6 is 0 Å². The van der Waals surface area contributed by atoms with Gasteiger partial charge in [-0.05, 0) is 24.8 Å². The van der Waals surface area contributed by atoms with Gasteiger partial charge in [-0.2, -0.15) is 0 Å². The van der Waals surface area contributed by atoms with Gasteiger partial charge in [-0.3, -0.25) is 4.79 Å². The maximum absolute atomic E-state index is 12.3. The minimum absolute atomic E-state index is 0.0223. The molecule has 0 fully saturated rings. The lowest BCUT2D eigenvalue weighted by Crippen LogP contribution is -2.40. The summed E-state index contributed by atoms with van der Waals surface area (Å²) in [5.74, 6) is 1.31. The minimum atomic E-state index is -0.119. The van der Waals surface area contributed by atoms with E-state index in [1.807, 2.05) is 24.3 Å². The molecule has 3 N–H and O–H groups in total. The molecule has 0 aromatic heterocycles. The SMILES string of the molecule is CC(C)CC(N)CNC(=O)C1CCOc2ccccc21. The summed E-state index contributed by atoms with van der Waals surface area (Å²) in [6, 6.07) is 7.77. The molecule has 0 radical (unpaired) electrons. The summed E-state index contributed by atoms with van der Waals surface area (Å²) >= 11 is 0. The third kappa shape index (κ3) is 3.73. The molecule has 0 saturated heterocycles. The van der Waals surface area contributed by atoms with Gasteiger partial charge in [-0.1, -0.05) is 32.0 Å². The van der Waals surface area contributed by atoms with Gasteiger partial charge >= 0.3 is 0 Å². The van der Waals surface area contributed by atoms with Crippen LogP contribution in [0.15, 0.2) is 24.3 Å². The normalized spacial score (nSPS) is 19.1. The van der Waals surface area contributed by atoms with Crippen LogP contribution in [0.25, 0.3) is 0 Å². The summed E-state index contributed by atoms with van der Waals surface area (Å²) in [4.78, 5) is 12.3. The molecular formula is C16H24N2O2. The Morgan fingerprint density at radius 2 is 2.20 bits per heavy atom. The molecule has 1 amide bonds. The van der Waals surface area contributed by atoms with Gasteiger partial charge in [0.2, 0.25) is 5.91 Å². The van der Waals surface area contributed by atoms with E-state index in [0.29, 0.717) is 19.1 Å². The van der Waals surface area contributed by atoms with Gasteiger partial charge in [0.05, 0.1) is 12.5 Å². The molecule has 0 spiro atoms. The quantitative estimate of drug-likeness (QED) is 0.865. The molecule has 2 rings (SSSR count). The molecule has 1 aliphatic rings. The second-order valence-electron chi connectivity index (χ2n) is 5.86. The van der Waals surface area contributed by atoms with E-state index in [4.69, 9.17) is 10.5 Å². The number of rotatable bonds is 5. The third-order valence-corrected chi connectivity index (χ3v) is 3.59. The van der Waals surface area contributed by atoms with Crippen molar-refractivity contribution in [3.8, 4) is 5.75 Å². The van der Waals surface area contributed by atoms with Crippen LogP contribution < -0.4 is 15.8 Å². The van der Waals surface area contributed by atoms with E-state index in [-0.39, 0.29) is 17.9 Å². The van der Waals surface area contributed by atoms with Crippen LogP contribution in [-0.2, 0) is 4.79 Å². The van der Waals surface area contributed by atoms with Gasteiger partial charge in [0, 0.05) is 18.2 Å². The number of nitrogens with one attached hydrogen (secondary N) is 1. The summed E-state index contributed by atoms with van der Waals surface area (Å²) in [6.45, 7) is 5.40. The van der Waals surface area contributed by atoms with E-state index in [2.05, 4.69) is 19.2 Å². The molecule has 2 unspecified atom stereocenters. The van der Waals surface area contributed by atoms with Gasteiger partial charge in [0.1, 0.15) is 5.75 Å². The molecule has 0 aliphatic carbocycles. The molecule has 0 saturated carbocycles.